The van der Waals surface area contributed by atoms with Crippen LogP contribution in [0.25, 0.3) is 10.9 Å². The number of pyridine rings is 2. The second-order valence-corrected chi connectivity index (χ2v) is 8.31. The summed E-state index contributed by atoms with van der Waals surface area (Å²) in [6.45, 7) is 2.42. The lowest BCUT2D eigenvalue weighted by molar-refractivity contribution is -0.140. The predicted octanol–water partition coefficient (Wildman–Crippen LogP) is 5.36. The molecule has 1 aliphatic rings. The zero-order valence-corrected chi connectivity index (χ0v) is 17.7. The third kappa shape index (κ3) is 5.18. The molecule has 2 aromatic heterocycles. The fourth-order valence-electron chi connectivity index (χ4n) is 4.16. The van der Waals surface area contributed by atoms with Crippen LogP contribution in [0.1, 0.15) is 47.6 Å². The second-order valence-electron chi connectivity index (χ2n) is 8.31. The number of amides is 1. The molecule has 4 rings (SSSR count). The number of hydrogen-bond donors (Lipinski definition) is 2. The molecule has 0 saturated heterocycles. The van der Waals surface area contributed by atoms with Crippen molar-refractivity contribution in [2.75, 3.05) is 11.9 Å². The number of rotatable bonds is 5. The summed E-state index contributed by atoms with van der Waals surface area (Å²) in [5, 5.41) is 6.94. The number of carbonyl (C=O) groups is 1. The third-order valence-electron chi connectivity index (χ3n) is 5.89. The fraction of sp³-hybridized carbons (Fsp3) is 0.375. The Kier molecular flexibility index (Phi) is 6.30. The topological polar surface area (TPSA) is 66.9 Å². The Morgan fingerprint density at radius 3 is 2.50 bits per heavy atom. The van der Waals surface area contributed by atoms with Gasteiger partial charge in [-0.25, -0.2) is 9.97 Å². The van der Waals surface area contributed by atoms with Gasteiger partial charge in [0.15, 0.2) is 0 Å². The van der Waals surface area contributed by atoms with Crippen molar-refractivity contribution in [1.82, 2.24) is 15.3 Å². The lowest BCUT2D eigenvalue weighted by Crippen LogP contribution is -2.38. The van der Waals surface area contributed by atoms with E-state index in [0.29, 0.717) is 34.7 Å². The lowest BCUT2D eigenvalue weighted by atomic mass is 9.86. The average molecular weight is 442 g/mol. The summed E-state index contributed by atoms with van der Waals surface area (Å²) >= 11 is 0. The van der Waals surface area contributed by atoms with Crippen molar-refractivity contribution in [2.45, 2.75) is 44.8 Å². The molecule has 0 aliphatic heterocycles. The standard InChI is InChI=1S/C24H25F3N4O/c1-15-5-4-8-20(29-15)23(32)30-17-11-9-16(10-12-17)14-28-21-13-22(24(25,26)27)31-19-7-3-2-6-18(19)21/h2-8,13,16-17H,9-12,14H2,1H3,(H,28,31)(H,30,32). The Hall–Kier alpha value is -3.16. The molecule has 0 unspecified atom stereocenters. The van der Waals surface area contributed by atoms with Gasteiger partial charge in [0, 0.05) is 29.4 Å². The quantitative estimate of drug-likeness (QED) is 0.558. The Morgan fingerprint density at radius 1 is 1.03 bits per heavy atom. The van der Waals surface area contributed by atoms with Crippen LogP contribution >= 0.6 is 0 Å². The van der Waals surface area contributed by atoms with Gasteiger partial charge in [-0.3, -0.25) is 4.79 Å². The summed E-state index contributed by atoms with van der Waals surface area (Å²) in [6, 6.07) is 13.4. The molecule has 0 atom stereocenters. The highest BCUT2D eigenvalue weighted by Crippen LogP contribution is 2.33. The maximum Gasteiger partial charge on any atom is 0.433 e. The Bertz CT molecular complexity index is 1110. The Morgan fingerprint density at radius 2 is 1.78 bits per heavy atom. The van der Waals surface area contributed by atoms with E-state index in [-0.39, 0.29) is 11.9 Å². The van der Waals surface area contributed by atoms with E-state index in [1.54, 1.807) is 30.3 Å². The molecule has 1 aliphatic carbocycles. The summed E-state index contributed by atoms with van der Waals surface area (Å²) in [5.74, 6) is 0.153. The molecule has 0 spiro atoms. The molecule has 32 heavy (non-hydrogen) atoms. The van der Waals surface area contributed by atoms with Gasteiger partial charge in [-0.15, -0.1) is 0 Å². The molecule has 168 valence electrons. The highest BCUT2D eigenvalue weighted by molar-refractivity contribution is 5.92. The van der Waals surface area contributed by atoms with Gasteiger partial charge in [0.25, 0.3) is 5.91 Å². The number of aromatic nitrogens is 2. The maximum absolute atomic E-state index is 13.3. The van der Waals surface area contributed by atoms with Crippen molar-refractivity contribution >= 4 is 22.5 Å². The Labute approximate surface area is 184 Å². The van der Waals surface area contributed by atoms with E-state index in [2.05, 4.69) is 20.6 Å². The summed E-state index contributed by atoms with van der Waals surface area (Å²) in [6.07, 6.45) is -1.07. The largest absolute Gasteiger partial charge is 0.433 e. The summed E-state index contributed by atoms with van der Waals surface area (Å²) in [5.41, 5.74) is 1.09. The van der Waals surface area contributed by atoms with E-state index < -0.39 is 11.9 Å². The smallest absolute Gasteiger partial charge is 0.384 e. The number of aryl methyl sites for hydroxylation is 1. The molecule has 0 bridgehead atoms. The second kappa shape index (κ2) is 9.14. The van der Waals surface area contributed by atoms with E-state index in [1.807, 2.05) is 19.1 Å². The number of anilines is 1. The van der Waals surface area contributed by atoms with Crippen molar-refractivity contribution in [3.63, 3.8) is 0 Å². The van der Waals surface area contributed by atoms with Crippen molar-refractivity contribution in [2.24, 2.45) is 5.92 Å². The number of halogens is 3. The van der Waals surface area contributed by atoms with Crippen LogP contribution in [0.5, 0.6) is 0 Å². The molecule has 1 aromatic carbocycles. The van der Waals surface area contributed by atoms with Crippen LogP contribution in [0.4, 0.5) is 18.9 Å². The highest BCUT2D eigenvalue weighted by atomic mass is 19.4. The van der Waals surface area contributed by atoms with Gasteiger partial charge in [-0.05, 0) is 62.8 Å². The van der Waals surface area contributed by atoms with Crippen LogP contribution in [0.15, 0.2) is 48.5 Å². The number of nitrogens with one attached hydrogen (secondary N) is 2. The van der Waals surface area contributed by atoms with E-state index in [9.17, 15) is 18.0 Å². The first kappa shape index (κ1) is 22.0. The SMILES string of the molecule is Cc1cccc(C(=O)NC2CCC(CNc3cc(C(F)(F)F)nc4ccccc34)CC2)n1. The number of nitrogens with zero attached hydrogens (tertiary/aromatic N) is 2. The molecule has 0 radical (unpaired) electrons. The van der Waals surface area contributed by atoms with E-state index in [1.165, 1.54) is 0 Å². The van der Waals surface area contributed by atoms with Crippen molar-refractivity contribution in [3.8, 4) is 0 Å². The highest BCUT2D eigenvalue weighted by Gasteiger charge is 2.33. The fourth-order valence-corrected chi connectivity index (χ4v) is 4.16. The minimum absolute atomic E-state index is 0.0830. The van der Waals surface area contributed by atoms with E-state index in [4.69, 9.17) is 0 Å². The summed E-state index contributed by atoms with van der Waals surface area (Å²) < 4.78 is 39.8. The van der Waals surface area contributed by atoms with Crippen LogP contribution in [0.3, 0.4) is 0 Å². The lowest BCUT2D eigenvalue weighted by Gasteiger charge is -2.29. The van der Waals surface area contributed by atoms with Crippen molar-refractivity contribution < 1.29 is 18.0 Å². The monoisotopic (exact) mass is 442 g/mol. The van der Waals surface area contributed by atoms with E-state index in [0.717, 1.165) is 37.4 Å². The van der Waals surface area contributed by atoms with Gasteiger partial charge in [0.1, 0.15) is 11.4 Å². The maximum atomic E-state index is 13.3. The van der Waals surface area contributed by atoms with Crippen LogP contribution < -0.4 is 10.6 Å². The van der Waals surface area contributed by atoms with Gasteiger partial charge < -0.3 is 10.6 Å². The summed E-state index contributed by atoms with van der Waals surface area (Å²) in [4.78, 5) is 20.4. The molecule has 1 saturated carbocycles. The third-order valence-corrected chi connectivity index (χ3v) is 5.89. The predicted molar refractivity (Wildman–Crippen MR) is 117 cm³/mol. The first-order chi connectivity index (χ1) is 15.3. The number of fused-ring (bicyclic) bond motifs is 1. The van der Waals surface area contributed by atoms with Crippen molar-refractivity contribution in [1.29, 1.82) is 0 Å². The van der Waals surface area contributed by atoms with Gasteiger partial charge in [0.05, 0.1) is 5.52 Å². The first-order valence-corrected chi connectivity index (χ1v) is 10.7. The van der Waals surface area contributed by atoms with Crippen molar-refractivity contribution in [3.05, 3.63) is 65.6 Å². The van der Waals surface area contributed by atoms with Crippen LogP contribution in [-0.2, 0) is 6.18 Å². The average Bonchev–Trinajstić information content (AvgIpc) is 2.77. The van der Waals surface area contributed by atoms with Crippen LogP contribution in [0, 0.1) is 12.8 Å². The molecule has 5 nitrogen and oxygen atoms in total. The minimum atomic E-state index is -4.50. The van der Waals surface area contributed by atoms with Crippen LogP contribution in [0.2, 0.25) is 0 Å². The summed E-state index contributed by atoms with van der Waals surface area (Å²) in [7, 11) is 0. The molecular weight excluding hydrogens is 417 g/mol. The molecule has 8 heteroatoms. The minimum Gasteiger partial charge on any atom is -0.384 e. The number of benzene rings is 1. The van der Waals surface area contributed by atoms with Gasteiger partial charge in [0.2, 0.25) is 0 Å². The normalized spacial score (nSPS) is 19.0. The molecule has 1 fully saturated rings. The Balaban J connectivity index is 1.35. The zero-order valence-electron chi connectivity index (χ0n) is 17.7. The number of para-hydroxylation sites is 1. The first-order valence-electron chi connectivity index (χ1n) is 10.7. The number of hydrogen-bond acceptors (Lipinski definition) is 4. The molecule has 2 N–H and O–H groups in total. The zero-order chi connectivity index (χ0) is 22.7. The number of alkyl halides is 3. The van der Waals surface area contributed by atoms with Gasteiger partial charge in [-0.2, -0.15) is 13.2 Å². The molecule has 3 aromatic rings. The molecule has 2 heterocycles. The van der Waals surface area contributed by atoms with E-state index >= 15 is 0 Å². The van der Waals surface area contributed by atoms with Gasteiger partial charge in [-0.1, -0.05) is 24.3 Å². The number of carbonyl (C=O) groups excluding carboxylic acids is 1. The van der Waals surface area contributed by atoms with Gasteiger partial charge >= 0.3 is 6.18 Å². The molecule has 1 amide bonds. The molecular formula is C24H25F3N4O. The van der Waals surface area contributed by atoms with Crippen LogP contribution in [-0.4, -0.2) is 28.5 Å².